The highest BCUT2D eigenvalue weighted by Crippen LogP contribution is 2.43. The fourth-order valence-corrected chi connectivity index (χ4v) is 7.62. The molecular weight excluding hydrogens is 518 g/mol. The Morgan fingerprint density at radius 2 is 1.82 bits per heavy atom. The highest BCUT2D eigenvalue weighted by Gasteiger charge is 2.44. The molecule has 212 valence electrons. The number of nitrogens with zero attached hydrogens (tertiary/aromatic N) is 3. The predicted molar refractivity (Wildman–Crippen MR) is 147 cm³/mol. The quantitative estimate of drug-likeness (QED) is 0.473. The molecule has 5 rings (SSSR count). The molecule has 1 aliphatic carbocycles. The zero-order chi connectivity index (χ0) is 27.7. The lowest BCUT2D eigenvalue weighted by molar-refractivity contribution is -0.138. The van der Waals surface area contributed by atoms with Crippen molar-refractivity contribution in [3.05, 3.63) is 41.9 Å². The summed E-state index contributed by atoms with van der Waals surface area (Å²) in [5.41, 5.74) is 7.53. The summed E-state index contributed by atoms with van der Waals surface area (Å²) >= 11 is 0. The van der Waals surface area contributed by atoms with Gasteiger partial charge in [0.2, 0.25) is 15.9 Å². The van der Waals surface area contributed by atoms with Crippen molar-refractivity contribution in [2.75, 3.05) is 32.4 Å². The SMILES string of the molecule is CS(=O)(=O)N1CCC(C2C[C@@H](c3ncc(-c4cccc(C(=O)O)c4)[nH]3)N(C(=O)C3CCC(CN)CC3)C2)CC1. The number of piperidine rings is 1. The fraction of sp³-hybridized carbons (Fsp3) is 0.607. The number of aromatic amines is 1. The number of H-pyrrole nitrogens is 1. The van der Waals surface area contributed by atoms with Gasteiger partial charge in [-0.05, 0) is 81.4 Å². The summed E-state index contributed by atoms with van der Waals surface area (Å²) in [6.45, 7) is 2.35. The molecule has 1 saturated carbocycles. The van der Waals surface area contributed by atoms with Crippen LogP contribution in [0.4, 0.5) is 0 Å². The summed E-state index contributed by atoms with van der Waals surface area (Å²) in [5.74, 6) is 0.998. The molecule has 0 bridgehead atoms. The lowest BCUT2D eigenvalue weighted by Crippen LogP contribution is -2.41. The van der Waals surface area contributed by atoms with Gasteiger partial charge in [0.15, 0.2) is 0 Å². The number of carboxylic acids is 1. The maximum absolute atomic E-state index is 13.9. The first kappa shape index (κ1) is 27.8. The third kappa shape index (κ3) is 6.05. The standard InChI is InChI=1S/C28H39N5O5S/c1-39(37,38)32-11-9-19(10-12-32)23-14-25(33(17-23)27(34)20-7-5-18(15-29)6-8-20)26-30-16-24(31-26)21-3-2-4-22(13-21)28(35)36/h2-4,13,16,18-20,23,25H,5-12,14-15,17,29H2,1H3,(H,30,31)(H,35,36)/t18?,20?,23?,25-/m0/s1. The van der Waals surface area contributed by atoms with Crippen molar-refractivity contribution in [3.63, 3.8) is 0 Å². The molecule has 10 nitrogen and oxygen atoms in total. The van der Waals surface area contributed by atoms with Crippen LogP contribution in [0.25, 0.3) is 11.3 Å². The number of nitrogens with one attached hydrogen (secondary N) is 1. The van der Waals surface area contributed by atoms with E-state index in [1.165, 1.54) is 6.26 Å². The maximum Gasteiger partial charge on any atom is 0.335 e. The summed E-state index contributed by atoms with van der Waals surface area (Å²) in [4.78, 5) is 35.4. The average Bonchev–Trinajstić information content (AvgIpc) is 3.60. The van der Waals surface area contributed by atoms with Crippen LogP contribution in [0.2, 0.25) is 0 Å². The normalized spacial score (nSPS) is 27.1. The van der Waals surface area contributed by atoms with E-state index in [9.17, 15) is 23.1 Å². The molecule has 2 aromatic rings. The van der Waals surface area contributed by atoms with Crippen LogP contribution in [0.5, 0.6) is 0 Å². The molecule has 0 spiro atoms. The molecule has 3 heterocycles. The smallest absolute Gasteiger partial charge is 0.335 e. The summed E-state index contributed by atoms with van der Waals surface area (Å²) in [7, 11) is -3.20. The van der Waals surface area contributed by atoms with Crippen molar-refractivity contribution >= 4 is 21.9 Å². The minimum absolute atomic E-state index is 0.0113. The van der Waals surface area contributed by atoms with E-state index in [4.69, 9.17) is 5.73 Å². The van der Waals surface area contributed by atoms with Crippen LogP contribution >= 0.6 is 0 Å². The fourth-order valence-electron chi connectivity index (χ4n) is 6.74. The van der Waals surface area contributed by atoms with E-state index >= 15 is 0 Å². The van der Waals surface area contributed by atoms with Crippen molar-refractivity contribution in [1.29, 1.82) is 0 Å². The Morgan fingerprint density at radius 1 is 1.10 bits per heavy atom. The topological polar surface area (TPSA) is 150 Å². The second-order valence-corrected chi connectivity index (χ2v) is 13.5. The molecule has 2 aliphatic heterocycles. The zero-order valence-corrected chi connectivity index (χ0v) is 23.3. The van der Waals surface area contributed by atoms with Gasteiger partial charge in [-0.3, -0.25) is 4.79 Å². The van der Waals surface area contributed by atoms with Gasteiger partial charge in [-0.15, -0.1) is 0 Å². The van der Waals surface area contributed by atoms with Crippen molar-refractivity contribution in [1.82, 2.24) is 19.2 Å². The number of aromatic nitrogens is 2. The molecule has 3 fully saturated rings. The van der Waals surface area contributed by atoms with Crippen LogP contribution in [0.15, 0.2) is 30.5 Å². The van der Waals surface area contributed by atoms with Crippen LogP contribution in [0.1, 0.15) is 67.2 Å². The Morgan fingerprint density at radius 3 is 2.46 bits per heavy atom. The van der Waals surface area contributed by atoms with E-state index in [0.29, 0.717) is 49.5 Å². The molecule has 39 heavy (non-hydrogen) atoms. The van der Waals surface area contributed by atoms with E-state index in [2.05, 4.69) is 9.97 Å². The lowest BCUT2D eigenvalue weighted by Gasteiger charge is -2.34. The Kier molecular flexibility index (Phi) is 8.11. The summed E-state index contributed by atoms with van der Waals surface area (Å²) in [6, 6.07) is 6.53. The second-order valence-electron chi connectivity index (χ2n) is 11.5. The second kappa shape index (κ2) is 11.4. The van der Waals surface area contributed by atoms with Crippen LogP contribution in [0, 0.1) is 23.7 Å². The van der Waals surface area contributed by atoms with E-state index < -0.39 is 16.0 Å². The molecule has 11 heteroatoms. The Labute approximate surface area is 230 Å². The first-order valence-electron chi connectivity index (χ1n) is 14.0. The first-order valence-corrected chi connectivity index (χ1v) is 15.8. The number of likely N-dealkylation sites (tertiary alicyclic amines) is 1. The van der Waals surface area contributed by atoms with Crippen molar-refractivity contribution in [2.45, 2.75) is 51.0 Å². The van der Waals surface area contributed by atoms with Gasteiger partial charge in [-0.2, -0.15) is 0 Å². The number of hydrogen-bond acceptors (Lipinski definition) is 6. The molecule has 1 aromatic heterocycles. The van der Waals surface area contributed by atoms with Gasteiger partial charge in [0.1, 0.15) is 5.82 Å². The van der Waals surface area contributed by atoms with Crippen LogP contribution in [-0.4, -0.2) is 77.0 Å². The number of carbonyl (C=O) groups is 2. The highest BCUT2D eigenvalue weighted by atomic mass is 32.2. The van der Waals surface area contributed by atoms with Crippen LogP contribution in [0.3, 0.4) is 0 Å². The number of amides is 1. The summed E-state index contributed by atoms with van der Waals surface area (Å²) < 4.78 is 25.6. The van der Waals surface area contributed by atoms with Gasteiger partial charge >= 0.3 is 5.97 Å². The largest absolute Gasteiger partial charge is 0.478 e. The lowest BCUT2D eigenvalue weighted by atomic mass is 9.81. The van der Waals surface area contributed by atoms with E-state index in [1.54, 1.807) is 28.7 Å². The van der Waals surface area contributed by atoms with Gasteiger partial charge in [0.25, 0.3) is 0 Å². The third-order valence-electron chi connectivity index (χ3n) is 9.11. The molecule has 1 aromatic carbocycles. The molecular formula is C28H39N5O5S. The number of aromatic carboxylic acids is 1. The molecule has 4 N–H and O–H groups in total. The van der Waals surface area contributed by atoms with Crippen LogP contribution < -0.4 is 5.73 Å². The molecule has 1 unspecified atom stereocenters. The Bertz CT molecular complexity index is 1290. The first-order chi connectivity index (χ1) is 18.6. The average molecular weight is 558 g/mol. The predicted octanol–water partition coefficient (Wildman–Crippen LogP) is 3.10. The van der Waals surface area contributed by atoms with Gasteiger partial charge in [-0.1, -0.05) is 12.1 Å². The number of rotatable bonds is 7. The van der Waals surface area contributed by atoms with Gasteiger partial charge in [0, 0.05) is 31.1 Å². The van der Waals surface area contributed by atoms with Gasteiger partial charge < -0.3 is 20.7 Å². The molecule has 2 saturated heterocycles. The number of carbonyl (C=O) groups excluding carboxylic acids is 1. The number of carboxylic acid groups (broad SMARTS) is 1. The van der Waals surface area contributed by atoms with Crippen molar-refractivity contribution < 1.29 is 23.1 Å². The molecule has 3 aliphatic rings. The van der Waals surface area contributed by atoms with E-state index in [-0.39, 0.29) is 29.3 Å². The Hall–Kier alpha value is -2.76. The highest BCUT2D eigenvalue weighted by molar-refractivity contribution is 7.88. The number of benzene rings is 1. The number of imidazole rings is 1. The van der Waals surface area contributed by atoms with Crippen molar-refractivity contribution in [2.24, 2.45) is 29.4 Å². The zero-order valence-electron chi connectivity index (χ0n) is 22.5. The maximum atomic E-state index is 13.9. The summed E-state index contributed by atoms with van der Waals surface area (Å²) in [5, 5.41) is 9.39. The van der Waals surface area contributed by atoms with Gasteiger partial charge in [-0.25, -0.2) is 22.5 Å². The molecule has 1 amide bonds. The Balaban J connectivity index is 1.37. The van der Waals surface area contributed by atoms with Crippen LogP contribution in [-0.2, 0) is 14.8 Å². The number of sulfonamides is 1. The third-order valence-corrected chi connectivity index (χ3v) is 10.4. The minimum atomic E-state index is -3.20. The number of nitrogens with two attached hydrogens (primary N) is 1. The monoisotopic (exact) mass is 557 g/mol. The van der Waals surface area contributed by atoms with Gasteiger partial charge in [0.05, 0.1) is 29.8 Å². The minimum Gasteiger partial charge on any atom is -0.478 e. The van der Waals surface area contributed by atoms with Crippen molar-refractivity contribution in [3.8, 4) is 11.3 Å². The van der Waals surface area contributed by atoms with E-state index in [1.807, 2.05) is 11.0 Å². The molecule has 2 atom stereocenters. The molecule has 0 radical (unpaired) electrons. The summed E-state index contributed by atoms with van der Waals surface area (Å²) in [6.07, 6.45) is 8.99. The van der Waals surface area contributed by atoms with E-state index in [0.717, 1.165) is 50.5 Å². The number of hydrogen-bond donors (Lipinski definition) is 3.